The molecule has 46 heavy (non-hydrogen) atoms. The third kappa shape index (κ3) is 9.00. The molecule has 0 aromatic rings. The van der Waals surface area contributed by atoms with Crippen molar-refractivity contribution < 1.29 is 73.4 Å². The van der Waals surface area contributed by atoms with Crippen LogP contribution in [0.3, 0.4) is 0 Å². The van der Waals surface area contributed by atoms with Crippen molar-refractivity contribution in [1.29, 1.82) is 0 Å². The summed E-state index contributed by atoms with van der Waals surface area (Å²) in [7, 11) is 0. The molecule has 1 saturated carbocycles. The maximum Gasteiger partial charge on any atom is 0.294 e. The van der Waals surface area contributed by atoms with E-state index in [1.165, 1.54) is 0 Å². The number of rotatable bonds is 13. The molecule has 3 rings (SSSR count). The normalized spacial score (nSPS) is 43.1. The number of hydrogen-bond acceptors (Lipinski definition) is 18. The zero-order valence-corrected chi connectivity index (χ0v) is 24.9. The zero-order chi connectivity index (χ0) is 34.5. The highest BCUT2D eigenvalue weighted by molar-refractivity contribution is 5.82. The molecule has 21 heteroatoms. The number of aliphatic hydroxyl groups is 8. The first-order valence-electron chi connectivity index (χ1n) is 14.9. The van der Waals surface area contributed by atoms with E-state index in [-0.39, 0.29) is 32.5 Å². The smallest absolute Gasteiger partial charge is 0.294 e. The van der Waals surface area contributed by atoms with Crippen LogP contribution in [0.25, 0.3) is 0 Å². The third-order valence-corrected chi connectivity index (χ3v) is 8.40. The molecule has 0 spiro atoms. The number of carbonyl (C=O) groups is 1. The Morgan fingerprint density at radius 1 is 0.891 bits per heavy atom. The van der Waals surface area contributed by atoms with E-state index in [0.29, 0.717) is 0 Å². The number of carbonyl (C=O) groups excluding carboxylic acids is 1. The van der Waals surface area contributed by atoms with Gasteiger partial charge in [-0.15, -0.1) is 0 Å². The lowest BCUT2D eigenvalue weighted by Crippen LogP contribution is -2.69. The first-order chi connectivity index (χ1) is 21.6. The Morgan fingerprint density at radius 2 is 1.57 bits per heavy atom. The Labute approximate surface area is 262 Å². The van der Waals surface area contributed by atoms with E-state index in [1.807, 2.05) is 0 Å². The number of aliphatic hydroxyl groups excluding tert-OH is 8. The fraction of sp³-hybridized carbons (Fsp3) is 0.960. The van der Waals surface area contributed by atoms with Crippen molar-refractivity contribution in [2.24, 2.45) is 22.9 Å². The molecule has 3 fully saturated rings. The maximum absolute atomic E-state index is 14.0. The lowest BCUT2D eigenvalue weighted by Gasteiger charge is -2.47. The number of nitrogens with two attached hydrogens (primary N) is 4. The summed E-state index contributed by atoms with van der Waals surface area (Å²) in [4.78, 5) is 12.6. The van der Waals surface area contributed by atoms with Gasteiger partial charge in [-0.05, 0) is 6.42 Å². The second-order valence-corrected chi connectivity index (χ2v) is 11.8. The van der Waals surface area contributed by atoms with Crippen molar-refractivity contribution in [1.82, 2.24) is 10.6 Å². The van der Waals surface area contributed by atoms with Gasteiger partial charge in [0.1, 0.15) is 48.8 Å². The minimum atomic E-state index is -4.02. The molecule has 0 radical (unpaired) electrons. The molecule has 2 aliphatic heterocycles. The second kappa shape index (κ2) is 16.8. The van der Waals surface area contributed by atoms with Gasteiger partial charge in [0.2, 0.25) is 0 Å². The molecule has 2 saturated heterocycles. The van der Waals surface area contributed by atoms with Crippen molar-refractivity contribution in [2.75, 3.05) is 32.8 Å². The predicted octanol–water partition coefficient (Wildman–Crippen LogP) is -8.20. The molecule has 0 aromatic carbocycles. The second-order valence-electron chi connectivity index (χ2n) is 11.8. The van der Waals surface area contributed by atoms with E-state index in [0.717, 1.165) is 0 Å². The Balaban J connectivity index is 1.87. The Morgan fingerprint density at radius 3 is 2.17 bits per heavy atom. The number of alkyl halides is 2. The molecule has 1 aliphatic carbocycles. The highest BCUT2D eigenvalue weighted by Crippen LogP contribution is 2.32. The molecule has 2 heterocycles. The van der Waals surface area contributed by atoms with Gasteiger partial charge in [-0.2, -0.15) is 0 Å². The van der Waals surface area contributed by atoms with Gasteiger partial charge in [0.05, 0.1) is 37.9 Å². The molecule has 3 aliphatic rings. The Hall–Kier alpha value is -1.35. The fourth-order valence-electron chi connectivity index (χ4n) is 5.61. The molecule has 16 atom stereocenters. The topological polar surface area (TPSA) is 344 Å². The largest absolute Gasteiger partial charge is 0.395 e. The summed E-state index contributed by atoms with van der Waals surface area (Å²) in [5, 5.41) is 86.9. The van der Waals surface area contributed by atoms with Gasteiger partial charge in [0.25, 0.3) is 11.8 Å². The average Bonchev–Trinajstić information content (AvgIpc) is 3.11. The molecule has 1 amide bonds. The lowest BCUT2D eigenvalue weighted by atomic mass is 9.83. The molecule has 0 aromatic heterocycles. The van der Waals surface area contributed by atoms with Gasteiger partial charge in [-0.25, -0.2) is 8.78 Å². The van der Waals surface area contributed by atoms with Crippen molar-refractivity contribution in [3.05, 3.63) is 0 Å². The number of halogens is 2. The van der Waals surface area contributed by atoms with Gasteiger partial charge >= 0.3 is 0 Å². The van der Waals surface area contributed by atoms with Crippen LogP contribution in [-0.2, 0) is 23.7 Å². The van der Waals surface area contributed by atoms with E-state index >= 15 is 0 Å². The maximum atomic E-state index is 14.0. The van der Waals surface area contributed by atoms with Gasteiger partial charge in [-0.1, -0.05) is 0 Å². The first kappa shape index (κ1) is 39.1. The van der Waals surface area contributed by atoms with E-state index in [1.54, 1.807) is 0 Å². The highest BCUT2D eigenvalue weighted by atomic mass is 19.3. The summed E-state index contributed by atoms with van der Waals surface area (Å²) in [6.45, 7) is -2.25. The van der Waals surface area contributed by atoms with Crippen molar-refractivity contribution in [2.45, 2.75) is 117 Å². The fourth-order valence-corrected chi connectivity index (χ4v) is 5.61. The van der Waals surface area contributed by atoms with Gasteiger partial charge in [0.15, 0.2) is 18.7 Å². The first-order valence-corrected chi connectivity index (χ1v) is 14.9. The summed E-state index contributed by atoms with van der Waals surface area (Å²) < 4.78 is 51.1. The summed E-state index contributed by atoms with van der Waals surface area (Å²) in [5.41, 5.74) is 23.1. The molecule has 0 bridgehead atoms. The van der Waals surface area contributed by atoms with Crippen molar-refractivity contribution >= 4 is 5.91 Å². The summed E-state index contributed by atoms with van der Waals surface area (Å²) in [5.74, 6) is -5.60. The van der Waals surface area contributed by atoms with Gasteiger partial charge < -0.3 is 93.4 Å². The summed E-state index contributed by atoms with van der Waals surface area (Å²) in [6.07, 6.45) is -20.1. The van der Waals surface area contributed by atoms with Gasteiger partial charge in [-0.3, -0.25) is 4.79 Å². The Bertz CT molecular complexity index is 966. The van der Waals surface area contributed by atoms with Crippen LogP contribution in [0.2, 0.25) is 0 Å². The van der Waals surface area contributed by atoms with Crippen molar-refractivity contribution in [3.8, 4) is 0 Å². The van der Waals surface area contributed by atoms with Crippen molar-refractivity contribution in [3.63, 3.8) is 0 Å². The molecular formula is C25H48F2N6O13. The Kier molecular flexibility index (Phi) is 14.3. The predicted molar refractivity (Wildman–Crippen MR) is 149 cm³/mol. The SMILES string of the molecule is NCC(F)(F)C(O)C(=O)NC1CC(N)C(OC2CC(N)C(O)C(O)C(CNCCO)O2)C(O)C1OC1OC(CO)C(O)C(N)C1O. The minimum Gasteiger partial charge on any atom is -0.395 e. The van der Waals surface area contributed by atoms with Crippen LogP contribution < -0.4 is 33.6 Å². The van der Waals surface area contributed by atoms with E-state index in [9.17, 15) is 49.3 Å². The van der Waals surface area contributed by atoms with Crippen LogP contribution in [-0.4, -0.2) is 183 Å². The number of hydrogen-bond donors (Lipinski definition) is 14. The number of amides is 1. The van der Waals surface area contributed by atoms with Crippen LogP contribution in [0, 0.1) is 0 Å². The minimum absolute atomic E-state index is 0.0463. The number of nitrogens with one attached hydrogen (secondary N) is 2. The van der Waals surface area contributed by atoms with Crippen LogP contribution in [0.1, 0.15) is 12.8 Å². The van der Waals surface area contributed by atoms with Crippen LogP contribution in [0.15, 0.2) is 0 Å². The highest BCUT2D eigenvalue weighted by Gasteiger charge is 2.52. The monoisotopic (exact) mass is 678 g/mol. The number of ether oxygens (including phenoxy) is 4. The van der Waals surface area contributed by atoms with Gasteiger partial charge in [0, 0.05) is 31.6 Å². The lowest BCUT2D eigenvalue weighted by molar-refractivity contribution is -0.312. The zero-order valence-electron chi connectivity index (χ0n) is 24.9. The molecule has 16 unspecified atom stereocenters. The third-order valence-electron chi connectivity index (χ3n) is 8.40. The average molecular weight is 679 g/mol. The summed E-state index contributed by atoms with van der Waals surface area (Å²) in [6, 6.07) is -5.08. The van der Waals surface area contributed by atoms with Crippen LogP contribution in [0.5, 0.6) is 0 Å². The van der Waals surface area contributed by atoms with E-state index in [2.05, 4.69) is 10.6 Å². The quantitative estimate of drug-likeness (QED) is 0.0804. The van der Waals surface area contributed by atoms with E-state index < -0.39 is 123 Å². The van der Waals surface area contributed by atoms with Crippen LogP contribution >= 0.6 is 0 Å². The summed E-state index contributed by atoms with van der Waals surface area (Å²) >= 11 is 0. The molecule has 19 nitrogen and oxygen atoms in total. The van der Waals surface area contributed by atoms with Crippen LogP contribution in [0.4, 0.5) is 8.78 Å². The molecular weight excluding hydrogens is 630 g/mol. The van der Waals surface area contributed by atoms with E-state index in [4.69, 9.17) is 47.0 Å². The molecule has 18 N–H and O–H groups in total. The molecule has 270 valence electrons. The standard InChI is InChI=1S/C25H48F2N6O13/c26-25(27,7-28)22(41)23(42)33-10-3-9(30)20(19(40)21(10)46-24-18(39)14(31)16(37)12(6-35)44-24)45-13-4-8(29)15(36)17(38)11(43-13)5-32-1-2-34/h8-22,24,32,34-41H,1-7,28-31H2,(H,33,42).